The fourth-order valence-electron chi connectivity index (χ4n) is 1.33. The molecule has 0 aromatic carbocycles. The monoisotopic (exact) mass is 178 g/mol. The molecule has 0 N–H and O–H groups in total. The molecule has 0 aromatic heterocycles. The molecule has 0 aliphatic carbocycles. The van der Waals surface area contributed by atoms with Crippen molar-refractivity contribution in [1.82, 2.24) is 0 Å². The predicted molar refractivity (Wildman–Crippen MR) is 55.2 cm³/mol. The van der Waals surface area contributed by atoms with Crippen LogP contribution < -0.4 is 0 Å². The second-order valence-electron chi connectivity index (χ2n) is 3.02. The summed E-state index contributed by atoms with van der Waals surface area (Å²) in [6, 6.07) is 0. The largest absolute Gasteiger partial charge is 0.136 e. The van der Waals surface area contributed by atoms with Gasteiger partial charge in [-0.05, 0) is 6.16 Å². The quantitative estimate of drug-likeness (QED) is 0.460. The van der Waals surface area contributed by atoms with Gasteiger partial charge in [0.1, 0.15) is 0 Å². The van der Waals surface area contributed by atoms with Gasteiger partial charge in [-0.25, -0.2) is 0 Å². The molecular formula is C6H19PSi2. The Hall–Kier alpha value is 0.864. The second kappa shape index (κ2) is 4.64. The summed E-state index contributed by atoms with van der Waals surface area (Å²) in [5, 5.41) is 0. The molecule has 0 rings (SSSR count). The third kappa shape index (κ3) is 3.54. The van der Waals surface area contributed by atoms with E-state index in [9.17, 15) is 0 Å². The maximum Gasteiger partial charge on any atom is 0.0543 e. The Morgan fingerprint density at radius 1 is 1.00 bits per heavy atom. The van der Waals surface area contributed by atoms with E-state index in [1.807, 2.05) is 0 Å². The molecule has 0 aliphatic heterocycles. The van der Waals surface area contributed by atoms with Gasteiger partial charge >= 0.3 is 0 Å². The van der Waals surface area contributed by atoms with Gasteiger partial charge in [0.05, 0.1) is 16.9 Å². The summed E-state index contributed by atoms with van der Waals surface area (Å²) < 4.78 is 0. The van der Waals surface area contributed by atoms with Crippen LogP contribution in [0.1, 0.15) is 6.92 Å². The summed E-state index contributed by atoms with van der Waals surface area (Å²) in [4.78, 5) is 0. The minimum absolute atomic E-state index is 0.217. The van der Waals surface area contributed by atoms with Crippen LogP contribution in [0.25, 0.3) is 0 Å². The SMILES string of the molecule is CCP([SiH](C)C)[SiH](C)C. The predicted octanol–water partition coefficient (Wildman–Crippen LogP) is 2.46. The highest BCUT2D eigenvalue weighted by molar-refractivity contribution is 8.12. The van der Waals surface area contributed by atoms with Gasteiger partial charge in [0.15, 0.2) is 0 Å². The summed E-state index contributed by atoms with van der Waals surface area (Å²) in [6.45, 7) is 12.4. The highest BCUT2D eigenvalue weighted by Gasteiger charge is 2.14. The zero-order valence-corrected chi connectivity index (χ0v) is 10.5. The van der Waals surface area contributed by atoms with Crippen LogP contribution >= 0.6 is 7.02 Å². The maximum atomic E-state index is 2.52. The van der Waals surface area contributed by atoms with E-state index in [4.69, 9.17) is 0 Å². The van der Waals surface area contributed by atoms with Crippen molar-refractivity contribution in [3.8, 4) is 0 Å². The van der Waals surface area contributed by atoms with E-state index in [-0.39, 0.29) is 16.9 Å². The number of hydrogen-bond donors (Lipinski definition) is 0. The van der Waals surface area contributed by atoms with E-state index in [1.165, 1.54) is 6.16 Å². The molecule has 0 radical (unpaired) electrons. The lowest BCUT2D eigenvalue weighted by molar-refractivity contribution is 1.52. The normalized spacial score (nSPS) is 12.0. The van der Waals surface area contributed by atoms with Crippen LogP contribution in [0.15, 0.2) is 0 Å². The van der Waals surface area contributed by atoms with E-state index in [2.05, 4.69) is 33.1 Å². The molecule has 3 heteroatoms. The molecule has 9 heavy (non-hydrogen) atoms. The molecule has 0 spiro atoms. The molecule has 0 amide bonds. The van der Waals surface area contributed by atoms with E-state index < -0.39 is 0 Å². The minimum Gasteiger partial charge on any atom is -0.136 e. The van der Waals surface area contributed by atoms with Crippen molar-refractivity contribution in [2.45, 2.75) is 33.1 Å². The Labute approximate surface area is 63.7 Å². The standard InChI is InChI=1S/C6H19PSi2/c1-6-7(8(2)3)9(4)5/h8-9H,6H2,1-5H3. The zero-order valence-electron chi connectivity index (χ0n) is 7.31. The Morgan fingerprint density at radius 3 is 1.33 bits per heavy atom. The van der Waals surface area contributed by atoms with Crippen LogP contribution in [0.5, 0.6) is 0 Å². The molecular weight excluding hydrogens is 159 g/mol. The first-order valence-corrected chi connectivity index (χ1v) is 13.2. The first-order valence-electron chi connectivity index (χ1n) is 3.85. The van der Waals surface area contributed by atoms with E-state index in [1.54, 1.807) is 0 Å². The topological polar surface area (TPSA) is 0 Å². The van der Waals surface area contributed by atoms with Crippen LogP contribution in [0, 0.1) is 0 Å². The van der Waals surface area contributed by atoms with E-state index >= 15 is 0 Å². The molecule has 0 heterocycles. The van der Waals surface area contributed by atoms with Gasteiger partial charge in [-0.15, -0.1) is 7.02 Å². The summed E-state index contributed by atoms with van der Waals surface area (Å²) in [5.41, 5.74) is 0. The zero-order chi connectivity index (χ0) is 7.44. The molecule has 0 saturated heterocycles. The lowest BCUT2D eigenvalue weighted by Gasteiger charge is -2.21. The van der Waals surface area contributed by atoms with Crippen molar-refractivity contribution in [2.75, 3.05) is 6.16 Å². The van der Waals surface area contributed by atoms with Crippen LogP contribution in [-0.4, -0.2) is 23.1 Å². The van der Waals surface area contributed by atoms with E-state index in [0.717, 1.165) is 0 Å². The van der Waals surface area contributed by atoms with Crippen LogP contribution in [0.2, 0.25) is 26.2 Å². The smallest absolute Gasteiger partial charge is 0.0543 e. The van der Waals surface area contributed by atoms with E-state index in [0.29, 0.717) is 7.02 Å². The van der Waals surface area contributed by atoms with Gasteiger partial charge in [0.25, 0.3) is 0 Å². The third-order valence-corrected chi connectivity index (χ3v) is 26.0. The van der Waals surface area contributed by atoms with Gasteiger partial charge < -0.3 is 0 Å². The molecule has 56 valence electrons. The molecule has 0 nitrogen and oxygen atoms in total. The Bertz CT molecular complexity index is 65.5. The van der Waals surface area contributed by atoms with Gasteiger partial charge in [-0.2, -0.15) is 0 Å². The fourth-order valence-corrected chi connectivity index (χ4v) is 22.7. The summed E-state index contributed by atoms with van der Waals surface area (Å²) in [6.07, 6.45) is 1.52. The summed E-state index contributed by atoms with van der Waals surface area (Å²) in [7, 11) is 0.168. The first-order chi connectivity index (χ1) is 4.09. The molecule has 0 unspecified atom stereocenters. The van der Waals surface area contributed by atoms with Crippen molar-refractivity contribution in [1.29, 1.82) is 0 Å². The molecule has 0 fully saturated rings. The lowest BCUT2D eigenvalue weighted by atomic mass is 11.0. The molecule has 0 aromatic rings. The molecule has 0 aliphatic rings. The van der Waals surface area contributed by atoms with Crippen molar-refractivity contribution in [3.63, 3.8) is 0 Å². The van der Waals surface area contributed by atoms with Crippen molar-refractivity contribution < 1.29 is 0 Å². The van der Waals surface area contributed by atoms with Crippen molar-refractivity contribution in [3.05, 3.63) is 0 Å². The molecule has 0 atom stereocenters. The fraction of sp³-hybridized carbons (Fsp3) is 1.00. The Morgan fingerprint density at radius 2 is 1.33 bits per heavy atom. The Balaban J connectivity index is 3.68. The van der Waals surface area contributed by atoms with Crippen LogP contribution in [0.3, 0.4) is 0 Å². The third-order valence-electron chi connectivity index (χ3n) is 1.69. The summed E-state index contributed by atoms with van der Waals surface area (Å²) >= 11 is 0. The highest BCUT2D eigenvalue weighted by atomic mass is 31.6. The van der Waals surface area contributed by atoms with Gasteiger partial charge in [-0.3, -0.25) is 0 Å². The van der Waals surface area contributed by atoms with Gasteiger partial charge in [0, 0.05) is 0 Å². The molecule has 0 bridgehead atoms. The van der Waals surface area contributed by atoms with Crippen molar-refractivity contribution >= 4 is 23.9 Å². The minimum atomic E-state index is -0.217. The maximum absolute atomic E-state index is 2.52. The number of hydrogen-bond acceptors (Lipinski definition) is 0. The average Bonchev–Trinajstić information content (AvgIpc) is 1.64. The first kappa shape index (κ1) is 9.86. The summed E-state index contributed by atoms with van der Waals surface area (Å²) in [5.74, 6) is 0. The lowest BCUT2D eigenvalue weighted by Crippen LogP contribution is -2.11. The Kier molecular flexibility index (Phi) is 5.09. The average molecular weight is 178 g/mol. The van der Waals surface area contributed by atoms with Crippen LogP contribution in [0.4, 0.5) is 0 Å². The van der Waals surface area contributed by atoms with Crippen molar-refractivity contribution in [2.24, 2.45) is 0 Å². The second-order valence-corrected chi connectivity index (χ2v) is 21.0. The van der Waals surface area contributed by atoms with Gasteiger partial charge in [0.2, 0.25) is 0 Å². The number of rotatable bonds is 3. The van der Waals surface area contributed by atoms with Gasteiger partial charge in [-0.1, -0.05) is 33.1 Å². The molecule has 0 saturated carbocycles. The highest BCUT2D eigenvalue weighted by Crippen LogP contribution is 2.40. The van der Waals surface area contributed by atoms with Crippen LogP contribution in [-0.2, 0) is 0 Å².